The maximum atomic E-state index is 5.61. The molecule has 0 radical (unpaired) electrons. The summed E-state index contributed by atoms with van der Waals surface area (Å²) in [6.07, 6.45) is -0.209. The van der Waals surface area contributed by atoms with Crippen LogP contribution in [-0.4, -0.2) is 26.8 Å². The van der Waals surface area contributed by atoms with Crippen molar-refractivity contribution in [3.8, 4) is 22.5 Å². The van der Waals surface area contributed by atoms with Gasteiger partial charge in [0.25, 0.3) is 0 Å². The third kappa shape index (κ3) is 2.76. The molecule has 3 rings (SSSR count). The molecule has 0 bridgehead atoms. The van der Waals surface area contributed by atoms with Crippen LogP contribution >= 0.6 is 0 Å². The first-order chi connectivity index (χ1) is 10.8. The molecule has 0 spiro atoms. The molecule has 1 unspecified atom stereocenters. The maximum Gasteiger partial charge on any atom is 0.185 e. The normalized spacial score (nSPS) is 12.3. The monoisotopic (exact) mass is 294 g/mol. The summed E-state index contributed by atoms with van der Waals surface area (Å²) in [5, 5.41) is 12.1. The van der Waals surface area contributed by atoms with Gasteiger partial charge in [-0.15, -0.1) is 5.10 Å². The molecule has 2 aromatic carbocycles. The topological polar surface area (TPSA) is 52.8 Å². The summed E-state index contributed by atoms with van der Waals surface area (Å²) < 4.78 is 7.33. The number of benzene rings is 2. The zero-order valence-electron chi connectivity index (χ0n) is 12.7. The molecule has 5 heteroatoms. The van der Waals surface area contributed by atoms with E-state index >= 15 is 0 Å². The Hall–Kier alpha value is -2.53. The van der Waals surface area contributed by atoms with Gasteiger partial charge in [-0.2, -0.15) is 4.68 Å². The third-order valence-corrected chi connectivity index (χ3v) is 3.50. The van der Waals surface area contributed by atoms with Gasteiger partial charge in [-0.1, -0.05) is 54.6 Å². The van der Waals surface area contributed by atoms with Crippen molar-refractivity contribution < 1.29 is 4.74 Å². The number of hydrogen-bond acceptors (Lipinski definition) is 4. The minimum Gasteiger partial charge on any atom is -0.357 e. The molecule has 0 saturated heterocycles. The van der Waals surface area contributed by atoms with Gasteiger partial charge in [-0.3, -0.25) is 0 Å². The molecule has 1 aromatic heterocycles. The molecule has 0 saturated carbocycles. The Labute approximate surface area is 129 Å². The van der Waals surface area contributed by atoms with Crippen molar-refractivity contribution in [2.24, 2.45) is 0 Å². The molecular formula is C17H18N4O. The first-order valence-corrected chi connectivity index (χ1v) is 7.35. The summed E-state index contributed by atoms with van der Waals surface area (Å²) >= 11 is 0. The number of nitrogens with zero attached hydrogens (tertiary/aromatic N) is 4. The first-order valence-electron chi connectivity index (χ1n) is 7.35. The smallest absolute Gasteiger partial charge is 0.185 e. The second-order valence-corrected chi connectivity index (χ2v) is 4.91. The second-order valence-electron chi connectivity index (χ2n) is 4.91. The van der Waals surface area contributed by atoms with Crippen LogP contribution in [0, 0.1) is 0 Å². The molecule has 1 atom stereocenters. The molecule has 1 heterocycles. The highest BCUT2D eigenvalue weighted by molar-refractivity contribution is 5.80. The Kier molecular flexibility index (Phi) is 4.25. The maximum absolute atomic E-state index is 5.61. The quantitative estimate of drug-likeness (QED) is 0.722. The molecule has 3 aromatic rings. The Bertz CT molecular complexity index is 739. The van der Waals surface area contributed by atoms with E-state index in [0.717, 1.165) is 16.7 Å². The Morgan fingerprint density at radius 3 is 2.41 bits per heavy atom. The molecule has 5 nitrogen and oxygen atoms in total. The van der Waals surface area contributed by atoms with Crippen LogP contribution in [0.5, 0.6) is 0 Å². The van der Waals surface area contributed by atoms with E-state index < -0.39 is 0 Å². The van der Waals surface area contributed by atoms with Crippen LogP contribution in [0.25, 0.3) is 22.5 Å². The molecule has 22 heavy (non-hydrogen) atoms. The molecule has 0 aliphatic heterocycles. The van der Waals surface area contributed by atoms with E-state index in [1.54, 1.807) is 4.68 Å². The van der Waals surface area contributed by atoms with Crippen LogP contribution in [-0.2, 0) is 4.74 Å². The zero-order chi connectivity index (χ0) is 15.4. The second kappa shape index (κ2) is 6.49. The Morgan fingerprint density at radius 1 is 1.00 bits per heavy atom. The third-order valence-electron chi connectivity index (χ3n) is 3.50. The fraction of sp³-hybridized carbons (Fsp3) is 0.235. The zero-order valence-corrected chi connectivity index (χ0v) is 12.7. The molecule has 112 valence electrons. The van der Waals surface area contributed by atoms with E-state index in [-0.39, 0.29) is 6.23 Å². The number of hydrogen-bond donors (Lipinski definition) is 0. The van der Waals surface area contributed by atoms with Gasteiger partial charge in [0.1, 0.15) is 0 Å². The minimum absolute atomic E-state index is 0.209. The fourth-order valence-electron chi connectivity index (χ4n) is 2.48. The molecule has 0 fully saturated rings. The van der Waals surface area contributed by atoms with E-state index in [1.807, 2.05) is 50.2 Å². The lowest BCUT2D eigenvalue weighted by Gasteiger charge is -2.15. The summed E-state index contributed by atoms with van der Waals surface area (Å²) in [4.78, 5) is 0. The van der Waals surface area contributed by atoms with E-state index in [2.05, 4.69) is 33.7 Å². The van der Waals surface area contributed by atoms with Gasteiger partial charge in [-0.05, 0) is 35.4 Å². The van der Waals surface area contributed by atoms with Gasteiger partial charge in [0, 0.05) is 12.2 Å². The molecule has 0 aliphatic rings. The van der Waals surface area contributed by atoms with E-state index in [9.17, 15) is 0 Å². The fourth-order valence-corrected chi connectivity index (χ4v) is 2.48. The van der Waals surface area contributed by atoms with Crippen LogP contribution in [0.1, 0.15) is 20.1 Å². The number of tetrazole rings is 1. The Balaban J connectivity index is 2.09. The van der Waals surface area contributed by atoms with Gasteiger partial charge >= 0.3 is 0 Å². The van der Waals surface area contributed by atoms with Crippen LogP contribution < -0.4 is 0 Å². The minimum atomic E-state index is -0.209. The van der Waals surface area contributed by atoms with E-state index in [0.29, 0.717) is 12.4 Å². The van der Waals surface area contributed by atoms with Gasteiger partial charge in [-0.25, -0.2) is 0 Å². The largest absolute Gasteiger partial charge is 0.357 e. The summed E-state index contributed by atoms with van der Waals surface area (Å²) in [6.45, 7) is 4.51. The van der Waals surface area contributed by atoms with Gasteiger partial charge in [0.2, 0.25) is 0 Å². The van der Waals surface area contributed by atoms with Crippen molar-refractivity contribution in [2.75, 3.05) is 6.61 Å². The highest BCUT2D eigenvalue weighted by Gasteiger charge is 2.17. The SMILES string of the molecule is CCOC(C)n1nnnc1-c1ccccc1-c1ccccc1. The number of rotatable bonds is 5. The van der Waals surface area contributed by atoms with Crippen molar-refractivity contribution in [2.45, 2.75) is 20.1 Å². The average molecular weight is 294 g/mol. The summed E-state index contributed by atoms with van der Waals surface area (Å²) in [5.41, 5.74) is 3.23. The predicted molar refractivity (Wildman–Crippen MR) is 85.0 cm³/mol. The summed E-state index contributed by atoms with van der Waals surface area (Å²) in [6, 6.07) is 18.3. The van der Waals surface area contributed by atoms with Gasteiger partial charge in [0.15, 0.2) is 12.1 Å². The van der Waals surface area contributed by atoms with Crippen molar-refractivity contribution in [1.29, 1.82) is 0 Å². The van der Waals surface area contributed by atoms with Crippen LogP contribution in [0.2, 0.25) is 0 Å². The van der Waals surface area contributed by atoms with Crippen molar-refractivity contribution >= 4 is 0 Å². The van der Waals surface area contributed by atoms with Gasteiger partial charge in [0.05, 0.1) is 0 Å². The van der Waals surface area contributed by atoms with E-state index in [4.69, 9.17) is 4.74 Å². The Morgan fingerprint density at radius 2 is 1.68 bits per heavy atom. The van der Waals surface area contributed by atoms with Crippen molar-refractivity contribution in [3.05, 3.63) is 54.6 Å². The first kappa shape index (κ1) is 14.4. The lowest BCUT2D eigenvalue weighted by atomic mass is 9.99. The highest BCUT2D eigenvalue weighted by Crippen LogP contribution is 2.31. The molecule has 0 N–H and O–H groups in total. The van der Waals surface area contributed by atoms with Gasteiger partial charge < -0.3 is 4.74 Å². The van der Waals surface area contributed by atoms with Crippen molar-refractivity contribution in [3.63, 3.8) is 0 Å². The van der Waals surface area contributed by atoms with E-state index in [1.165, 1.54) is 0 Å². The standard InChI is InChI=1S/C17H18N4O/c1-3-22-13(2)21-17(18-19-20-21)16-12-8-7-11-15(16)14-9-5-4-6-10-14/h4-13H,3H2,1-2H3. The van der Waals surface area contributed by atoms with Crippen molar-refractivity contribution in [1.82, 2.24) is 20.2 Å². The molecular weight excluding hydrogens is 276 g/mol. The number of ether oxygens (including phenoxy) is 1. The molecule has 0 aliphatic carbocycles. The van der Waals surface area contributed by atoms with Crippen LogP contribution in [0.15, 0.2) is 54.6 Å². The summed E-state index contributed by atoms with van der Waals surface area (Å²) in [5.74, 6) is 0.709. The summed E-state index contributed by atoms with van der Waals surface area (Å²) in [7, 11) is 0. The van der Waals surface area contributed by atoms with Crippen LogP contribution in [0.4, 0.5) is 0 Å². The lowest BCUT2D eigenvalue weighted by molar-refractivity contribution is 0.0159. The molecule has 0 amide bonds. The highest BCUT2D eigenvalue weighted by atomic mass is 16.5. The lowest BCUT2D eigenvalue weighted by Crippen LogP contribution is -2.12. The average Bonchev–Trinajstić information content (AvgIpc) is 3.05. The predicted octanol–water partition coefficient (Wildman–Crippen LogP) is 3.56. The number of aromatic nitrogens is 4. The van der Waals surface area contributed by atoms with Crippen LogP contribution in [0.3, 0.4) is 0 Å².